The standard InChI is InChI=1S/C15H12O2/c1-10(16)15-11-6-2-4-8-13(11)17-14-9-5-3-7-12(14)15/h2-9,15H,1H3. The summed E-state index contributed by atoms with van der Waals surface area (Å²) in [6, 6.07) is 15.4. The van der Waals surface area contributed by atoms with Crippen LogP contribution >= 0.6 is 0 Å². The van der Waals surface area contributed by atoms with E-state index in [0.29, 0.717) is 0 Å². The van der Waals surface area contributed by atoms with Gasteiger partial charge in [0.1, 0.15) is 17.3 Å². The molecular weight excluding hydrogens is 212 g/mol. The largest absolute Gasteiger partial charge is 0.457 e. The van der Waals surface area contributed by atoms with Crippen molar-refractivity contribution in [1.82, 2.24) is 0 Å². The van der Waals surface area contributed by atoms with E-state index >= 15 is 0 Å². The summed E-state index contributed by atoms with van der Waals surface area (Å²) in [5, 5.41) is 0. The van der Waals surface area contributed by atoms with Gasteiger partial charge < -0.3 is 4.74 Å². The van der Waals surface area contributed by atoms with Gasteiger partial charge in [0.15, 0.2) is 0 Å². The summed E-state index contributed by atoms with van der Waals surface area (Å²) in [6.45, 7) is 1.63. The molecule has 0 amide bonds. The summed E-state index contributed by atoms with van der Waals surface area (Å²) >= 11 is 0. The summed E-state index contributed by atoms with van der Waals surface area (Å²) in [6.07, 6.45) is 0. The van der Waals surface area contributed by atoms with Crippen molar-refractivity contribution in [3.63, 3.8) is 0 Å². The molecule has 0 aliphatic carbocycles. The van der Waals surface area contributed by atoms with Crippen LogP contribution in [0.15, 0.2) is 48.5 Å². The third kappa shape index (κ3) is 1.53. The summed E-state index contributed by atoms with van der Waals surface area (Å²) in [4.78, 5) is 11.9. The van der Waals surface area contributed by atoms with Gasteiger partial charge in [-0.05, 0) is 19.1 Å². The maximum atomic E-state index is 11.9. The maximum absolute atomic E-state index is 11.9. The van der Waals surface area contributed by atoms with Crippen molar-refractivity contribution in [1.29, 1.82) is 0 Å². The van der Waals surface area contributed by atoms with Gasteiger partial charge in [-0.1, -0.05) is 36.4 Å². The molecule has 17 heavy (non-hydrogen) atoms. The van der Waals surface area contributed by atoms with Gasteiger partial charge in [0.2, 0.25) is 0 Å². The van der Waals surface area contributed by atoms with Crippen LogP contribution in [0.1, 0.15) is 24.0 Å². The van der Waals surface area contributed by atoms with Gasteiger partial charge in [0.25, 0.3) is 0 Å². The monoisotopic (exact) mass is 224 g/mol. The highest BCUT2D eigenvalue weighted by molar-refractivity contribution is 5.89. The normalized spacial score (nSPS) is 13.5. The second kappa shape index (κ2) is 3.74. The van der Waals surface area contributed by atoms with Crippen LogP contribution in [0, 0.1) is 0 Å². The molecular formula is C15H12O2. The number of para-hydroxylation sites is 2. The smallest absolute Gasteiger partial charge is 0.141 e. The summed E-state index contributed by atoms with van der Waals surface area (Å²) in [5.74, 6) is 1.52. The number of carbonyl (C=O) groups is 1. The number of carbonyl (C=O) groups excluding carboxylic acids is 1. The van der Waals surface area contributed by atoms with Gasteiger partial charge in [-0.2, -0.15) is 0 Å². The second-order valence-corrected chi connectivity index (χ2v) is 4.22. The zero-order chi connectivity index (χ0) is 11.8. The molecule has 0 N–H and O–H groups in total. The molecule has 0 unspecified atom stereocenters. The van der Waals surface area contributed by atoms with E-state index in [9.17, 15) is 4.79 Å². The van der Waals surface area contributed by atoms with Crippen molar-refractivity contribution in [3.05, 3.63) is 59.7 Å². The lowest BCUT2D eigenvalue weighted by Crippen LogP contribution is -2.16. The molecule has 0 radical (unpaired) electrons. The number of rotatable bonds is 1. The SMILES string of the molecule is CC(=O)C1c2ccccc2Oc2ccccc21. The number of hydrogen-bond donors (Lipinski definition) is 0. The lowest BCUT2D eigenvalue weighted by molar-refractivity contribution is -0.117. The van der Waals surface area contributed by atoms with Gasteiger partial charge in [-0.3, -0.25) is 4.79 Å². The molecule has 84 valence electrons. The first-order valence-electron chi connectivity index (χ1n) is 5.63. The van der Waals surface area contributed by atoms with Crippen LogP contribution in [-0.2, 0) is 4.79 Å². The minimum Gasteiger partial charge on any atom is -0.457 e. The van der Waals surface area contributed by atoms with Gasteiger partial charge in [-0.25, -0.2) is 0 Å². The first-order chi connectivity index (χ1) is 8.27. The predicted octanol–water partition coefficient (Wildman–Crippen LogP) is 3.51. The van der Waals surface area contributed by atoms with E-state index in [4.69, 9.17) is 4.74 Å². The first kappa shape index (κ1) is 10.1. The number of ether oxygens (including phenoxy) is 1. The predicted molar refractivity (Wildman–Crippen MR) is 65.5 cm³/mol. The van der Waals surface area contributed by atoms with E-state index in [-0.39, 0.29) is 11.7 Å². The third-order valence-corrected chi connectivity index (χ3v) is 3.09. The number of benzene rings is 2. The fraction of sp³-hybridized carbons (Fsp3) is 0.133. The Morgan fingerprint density at radius 2 is 1.41 bits per heavy atom. The van der Waals surface area contributed by atoms with Crippen LogP contribution in [0.5, 0.6) is 11.5 Å². The zero-order valence-corrected chi connectivity index (χ0v) is 9.51. The number of fused-ring (bicyclic) bond motifs is 2. The van der Waals surface area contributed by atoms with Crippen LogP contribution in [0.25, 0.3) is 0 Å². The van der Waals surface area contributed by atoms with Crippen molar-refractivity contribution in [3.8, 4) is 11.5 Å². The molecule has 0 spiro atoms. The highest BCUT2D eigenvalue weighted by Crippen LogP contribution is 2.43. The van der Waals surface area contributed by atoms with Gasteiger partial charge in [-0.15, -0.1) is 0 Å². The van der Waals surface area contributed by atoms with Crippen molar-refractivity contribution in [2.45, 2.75) is 12.8 Å². The van der Waals surface area contributed by atoms with Gasteiger partial charge >= 0.3 is 0 Å². The Balaban J connectivity index is 2.24. The Bertz CT molecular complexity index is 541. The molecule has 3 rings (SSSR count). The highest BCUT2D eigenvalue weighted by atomic mass is 16.5. The second-order valence-electron chi connectivity index (χ2n) is 4.22. The molecule has 1 aliphatic rings. The molecule has 2 aromatic rings. The fourth-order valence-corrected chi connectivity index (χ4v) is 2.35. The van der Waals surface area contributed by atoms with Gasteiger partial charge in [0, 0.05) is 11.1 Å². The molecule has 1 aliphatic heterocycles. The number of ketones is 1. The van der Waals surface area contributed by atoms with E-state index in [2.05, 4.69) is 0 Å². The molecule has 0 atom stereocenters. The van der Waals surface area contributed by atoms with Crippen LogP contribution < -0.4 is 4.74 Å². The molecule has 2 aromatic carbocycles. The minimum absolute atomic E-state index is 0.146. The van der Waals surface area contributed by atoms with E-state index in [1.165, 1.54) is 0 Å². The topological polar surface area (TPSA) is 26.3 Å². The quantitative estimate of drug-likeness (QED) is 0.740. The first-order valence-corrected chi connectivity index (χ1v) is 5.63. The molecule has 0 saturated heterocycles. The fourth-order valence-electron chi connectivity index (χ4n) is 2.35. The summed E-state index contributed by atoms with van der Waals surface area (Å²) in [5.41, 5.74) is 1.91. The van der Waals surface area contributed by atoms with E-state index in [1.54, 1.807) is 6.92 Å². The van der Waals surface area contributed by atoms with E-state index in [1.807, 2.05) is 48.5 Å². The van der Waals surface area contributed by atoms with E-state index < -0.39 is 0 Å². The van der Waals surface area contributed by atoms with Crippen LogP contribution in [-0.4, -0.2) is 5.78 Å². The number of Topliss-reactive ketones (excluding diaryl/α,β-unsaturated/α-hetero) is 1. The van der Waals surface area contributed by atoms with Crippen molar-refractivity contribution in [2.75, 3.05) is 0 Å². The summed E-state index contributed by atoms with van der Waals surface area (Å²) in [7, 11) is 0. The maximum Gasteiger partial charge on any atom is 0.141 e. The zero-order valence-electron chi connectivity index (χ0n) is 9.51. The van der Waals surface area contributed by atoms with Crippen molar-refractivity contribution >= 4 is 5.78 Å². The summed E-state index contributed by atoms with van der Waals surface area (Å²) < 4.78 is 5.81. The molecule has 2 heteroatoms. The lowest BCUT2D eigenvalue weighted by atomic mass is 9.85. The molecule has 0 aromatic heterocycles. The lowest BCUT2D eigenvalue weighted by Gasteiger charge is -2.26. The van der Waals surface area contributed by atoms with E-state index in [0.717, 1.165) is 22.6 Å². The molecule has 1 heterocycles. The molecule has 2 nitrogen and oxygen atoms in total. The molecule has 0 fully saturated rings. The Morgan fingerprint density at radius 3 is 1.88 bits per heavy atom. The van der Waals surface area contributed by atoms with Crippen molar-refractivity contribution < 1.29 is 9.53 Å². The Labute approximate surface area is 99.9 Å². The third-order valence-electron chi connectivity index (χ3n) is 3.09. The van der Waals surface area contributed by atoms with Crippen molar-refractivity contribution in [2.24, 2.45) is 0 Å². The van der Waals surface area contributed by atoms with Crippen LogP contribution in [0.3, 0.4) is 0 Å². The van der Waals surface area contributed by atoms with Crippen LogP contribution in [0.4, 0.5) is 0 Å². The minimum atomic E-state index is -0.198. The Kier molecular flexibility index (Phi) is 2.22. The molecule has 0 bridgehead atoms. The number of hydrogen-bond acceptors (Lipinski definition) is 2. The average molecular weight is 224 g/mol. The van der Waals surface area contributed by atoms with Gasteiger partial charge in [0.05, 0.1) is 5.92 Å². The molecule has 0 saturated carbocycles. The Hall–Kier alpha value is -2.09. The van der Waals surface area contributed by atoms with Crippen LogP contribution in [0.2, 0.25) is 0 Å². The average Bonchev–Trinajstić information content (AvgIpc) is 2.35. The Morgan fingerprint density at radius 1 is 0.941 bits per heavy atom. The highest BCUT2D eigenvalue weighted by Gasteiger charge is 2.29.